The van der Waals surface area contributed by atoms with Gasteiger partial charge in [-0.25, -0.2) is 9.98 Å². The lowest BCUT2D eigenvalue weighted by Gasteiger charge is -2.21. The second-order valence-corrected chi connectivity index (χ2v) is 7.15. The van der Waals surface area contributed by atoms with Crippen LogP contribution >= 0.6 is 46.7 Å². The first kappa shape index (κ1) is 19.2. The first-order chi connectivity index (χ1) is 11.3. The second-order valence-electron chi connectivity index (χ2n) is 5.25. The van der Waals surface area contributed by atoms with Gasteiger partial charge in [0.15, 0.2) is 10.9 Å². The fraction of sp³-hybridized carbons (Fsp3) is 0.375. The molecule has 0 fully saturated rings. The number of imidazole rings is 1. The topological polar surface area (TPSA) is 44.9 Å². The first-order valence-corrected chi connectivity index (χ1v) is 9.45. The number of thiazole rings is 1. The molecule has 24 heavy (non-hydrogen) atoms. The standard InChI is InChI=1S/C16H21N5S2.HI/c1-3-17-15(20(2)7-6-14-5-4-9-22-14)18-11-13-12-21-8-10-23-16(21)19-13;/h4-5,8-10,12H,3,6-7,11H2,1-2H3,(H,17,18);1H. The number of likely N-dealkylation sites (N-methyl/N-ethyl adjacent to an activating group) is 1. The van der Waals surface area contributed by atoms with Crippen LogP contribution in [0.3, 0.4) is 0 Å². The summed E-state index contributed by atoms with van der Waals surface area (Å²) in [4.78, 5) is 13.9. The second kappa shape index (κ2) is 9.38. The number of nitrogens with one attached hydrogen (secondary N) is 1. The lowest BCUT2D eigenvalue weighted by atomic mass is 10.3. The number of nitrogens with zero attached hydrogens (tertiary/aromatic N) is 4. The Balaban J connectivity index is 0.00000208. The van der Waals surface area contributed by atoms with E-state index in [4.69, 9.17) is 4.99 Å². The van der Waals surface area contributed by atoms with Gasteiger partial charge in [0.2, 0.25) is 0 Å². The van der Waals surface area contributed by atoms with Crippen molar-refractivity contribution < 1.29 is 0 Å². The number of hydrogen-bond acceptors (Lipinski definition) is 4. The molecule has 8 heteroatoms. The first-order valence-electron chi connectivity index (χ1n) is 7.69. The zero-order valence-electron chi connectivity index (χ0n) is 13.8. The Hall–Kier alpha value is -1.13. The molecule has 1 N–H and O–H groups in total. The molecule has 3 heterocycles. The van der Waals surface area contributed by atoms with Crippen LogP contribution in [0.1, 0.15) is 17.5 Å². The van der Waals surface area contributed by atoms with Crippen LogP contribution in [0, 0.1) is 0 Å². The van der Waals surface area contributed by atoms with Crippen molar-refractivity contribution in [1.29, 1.82) is 0 Å². The van der Waals surface area contributed by atoms with E-state index in [0.717, 1.165) is 36.1 Å². The van der Waals surface area contributed by atoms with Gasteiger partial charge in [-0.15, -0.1) is 46.7 Å². The zero-order valence-corrected chi connectivity index (χ0v) is 17.8. The molecule has 0 radical (unpaired) electrons. The van der Waals surface area contributed by atoms with Crippen molar-refractivity contribution in [3.05, 3.63) is 45.9 Å². The van der Waals surface area contributed by atoms with Crippen molar-refractivity contribution in [2.24, 2.45) is 4.99 Å². The van der Waals surface area contributed by atoms with Gasteiger partial charge >= 0.3 is 0 Å². The highest BCUT2D eigenvalue weighted by Crippen LogP contribution is 2.12. The molecule has 0 bridgehead atoms. The third-order valence-corrected chi connectivity index (χ3v) is 5.21. The van der Waals surface area contributed by atoms with Crippen molar-refractivity contribution in [2.75, 3.05) is 20.1 Å². The SMILES string of the molecule is CCNC(=NCc1cn2ccsc2n1)N(C)CCc1cccs1.I. The van der Waals surface area contributed by atoms with Crippen LogP contribution in [-0.4, -0.2) is 40.4 Å². The lowest BCUT2D eigenvalue weighted by molar-refractivity contribution is 0.486. The highest BCUT2D eigenvalue weighted by atomic mass is 127. The normalized spacial score (nSPS) is 11.5. The smallest absolute Gasteiger partial charge is 0.194 e. The summed E-state index contributed by atoms with van der Waals surface area (Å²) >= 11 is 3.45. The lowest BCUT2D eigenvalue weighted by Crippen LogP contribution is -2.39. The predicted molar refractivity (Wildman–Crippen MR) is 114 cm³/mol. The molecule has 130 valence electrons. The van der Waals surface area contributed by atoms with Crippen LogP contribution in [0.4, 0.5) is 0 Å². The molecule has 5 nitrogen and oxygen atoms in total. The minimum atomic E-state index is 0. The van der Waals surface area contributed by atoms with E-state index in [1.165, 1.54) is 4.88 Å². The monoisotopic (exact) mass is 475 g/mol. The fourth-order valence-electron chi connectivity index (χ4n) is 2.32. The molecule has 0 unspecified atom stereocenters. The molecule has 0 aliphatic heterocycles. The molecule has 0 amide bonds. The van der Waals surface area contributed by atoms with Gasteiger partial charge in [-0.3, -0.25) is 4.40 Å². The number of aromatic nitrogens is 2. The summed E-state index contributed by atoms with van der Waals surface area (Å²) in [7, 11) is 2.08. The molecule has 0 saturated heterocycles. The van der Waals surface area contributed by atoms with Crippen LogP contribution < -0.4 is 5.32 Å². The van der Waals surface area contributed by atoms with Crippen molar-refractivity contribution in [1.82, 2.24) is 19.6 Å². The maximum atomic E-state index is 4.72. The average Bonchev–Trinajstić information content (AvgIpc) is 3.25. The van der Waals surface area contributed by atoms with E-state index in [9.17, 15) is 0 Å². The van der Waals surface area contributed by atoms with Crippen molar-refractivity contribution in [3.63, 3.8) is 0 Å². The van der Waals surface area contributed by atoms with E-state index < -0.39 is 0 Å². The minimum absolute atomic E-state index is 0. The summed E-state index contributed by atoms with van der Waals surface area (Å²) in [5, 5.41) is 7.52. The highest BCUT2D eigenvalue weighted by Gasteiger charge is 2.07. The van der Waals surface area contributed by atoms with E-state index in [1.807, 2.05) is 22.2 Å². The van der Waals surface area contributed by atoms with Crippen LogP contribution in [-0.2, 0) is 13.0 Å². The molecule has 0 atom stereocenters. The van der Waals surface area contributed by atoms with Crippen molar-refractivity contribution in [2.45, 2.75) is 19.9 Å². The Labute approximate surface area is 167 Å². The summed E-state index contributed by atoms with van der Waals surface area (Å²) in [5.41, 5.74) is 0.999. The molecule has 0 saturated carbocycles. The Bertz CT molecular complexity index is 734. The van der Waals surface area contributed by atoms with Gasteiger partial charge in [-0.05, 0) is 24.8 Å². The van der Waals surface area contributed by atoms with Crippen molar-refractivity contribution in [3.8, 4) is 0 Å². The zero-order chi connectivity index (χ0) is 16.1. The molecule has 0 spiro atoms. The van der Waals surface area contributed by atoms with E-state index in [2.05, 4.69) is 46.7 Å². The summed E-state index contributed by atoms with van der Waals surface area (Å²) in [5.74, 6) is 0.931. The van der Waals surface area contributed by atoms with E-state index >= 15 is 0 Å². The van der Waals surface area contributed by atoms with Crippen LogP contribution in [0.2, 0.25) is 0 Å². The Morgan fingerprint density at radius 2 is 2.25 bits per heavy atom. The van der Waals surface area contributed by atoms with Gasteiger partial charge in [0.1, 0.15) is 0 Å². The van der Waals surface area contributed by atoms with E-state index in [0.29, 0.717) is 6.54 Å². The highest BCUT2D eigenvalue weighted by molar-refractivity contribution is 14.0. The molecule has 3 rings (SSSR count). The summed E-state index contributed by atoms with van der Waals surface area (Å²) in [6.07, 6.45) is 5.11. The largest absolute Gasteiger partial charge is 0.357 e. The molecule has 3 aromatic heterocycles. The third-order valence-electron chi connectivity index (χ3n) is 3.50. The molecule has 3 aromatic rings. The minimum Gasteiger partial charge on any atom is -0.357 e. The summed E-state index contributed by atoms with van der Waals surface area (Å²) in [6.45, 7) is 4.50. The fourth-order valence-corrected chi connectivity index (χ4v) is 3.73. The van der Waals surface area contributed by atoms with Crippen molar-refractivity contribution >= 4 is 57.6 Å². The number of rotatable bonds is 6. The molecular weight excluding hydrogens is 453 g/mol. The van der Waals surface area contributed by atoms with E-state index in [1.54, 1.807) is 22.7 Å². The Morgan fingerprint density at radius 1 is 1.38 bits per heavy atom. The van der Waals surface area contributed by atoms with Crippen LogP contribution in [0.15, 0.2) is 40.3 Å². The van der Waals surface area contributed by atoms with Gasteiger partial charge in [0, 0.05) is 42.8 Å². The maximum Gasteiger partial charge on any atom is 0.194 e. The van der Waals surface area contributed by atoms with Crippen LogP contribution in [0.5, 0.6) is 0 Å². The molecule has 0 aliphatic rings. The third kappa shape index (κ3) is 4.93. The number of thiophene rings is 1. The van der Waals surface area contributed by atoms with Gasteiger partial charge in [0.25, 0.3) is 0 Å². The number of halogens is 1. The number of aliphatic imine (C=N–C) groups is 1. The summed E-state index contributed by atoms with van der Waals surface area (Å²) < 4.78 is 2.04. The predicted octanol–water partition coefficient (Wildman–Crippen LogP) is 3.72. The Kier molecular flexibility index (Phi) is 7.50. The Morgan fingerprint density at radius 3 is 2.96 bits per heavy atom. The van der Waals surface area contributed by atoms with Crippen LogP contribution in [0.25, 0.3) is 4.96 Å². The number of hydrogen-bond donors (Lipinski definition) is 1. The van der Waals surface area contributed by atoms with Gasteiger partial charge in [0.05, 0.1) is 12.2 Å². The number of fused-ring (bicyclic) bond motifs is 1. The molecule has 0 aromatic carbocycles. The molecular formula is C16H22IN5S2. The van der Waals surface area contributed by atoms with Gasteiger partial charge in [-0.1, -0.05) is 6.07 Å². The molecule has 0 aliphatic carbocycles. The van der Waals surface area contributed by atoms with Gasteiger partial charge < -0.3 is 10.2 Å². The maximum absolute atomic E-state index is 4.72. The van der Waals surface area contributed by atoms with Gasteiger partial charge in [-0.2, -0.15) is 0 Å². The van der Waals surface area contributed by atoms with E-state index in [-0.39, 0.29) is 24.0 Å². The number of guanidine groups is 1. The summed E-state index contributed by atoms with van der Waals surface area (Å²) in [6, 6.07) is 4.28. The quantitative estimate of drug-likeness (QED) is 0.336. The average molecular weight is 475 g/mol.